The molecule has 218 valence electrons. The van der Waals surface area contributed by atoms with E-state index in [0.717, 1.165) is 12.0 Å². The fourth-order valence-corrected chi connectivity index (χ4v) is 5.18. The van der Waals surface area contributed by atoms with Gasteiger partial charge >= 0.3 is 0 Å². The SMILES string of the molecule is [2H]C([2H])(Oc1cc2n(c(=O)c1Cl)-c1cc(-n3cccc(C(C)(C)NC(C)=O)c3=O)ncc1CCCC2)c1ncc(F)cc1F. The van der Waals surface area contributed by atoms with Gasteiger partial charge in [-0.05, 0) is 57.2 Å². The topological polar surface area (TPSA) is 108 Å². The first kappa shape index (κ1) is 26.5. The third-order valence-electron chi connectivity index (χ3n) is 6.93. The highest BCUT2D eigenvalue weighted by molar-refractivity contribution is 6.31. The molecule has 9 nitrogen and oxygen atoms in total. The number of carbonyl (C=O) groups excluding carboxylic acids is 1. The van der Waals surface area contributed by atoms with Crippen LogP contribution in [0.15, 0.2) is 58.5 Å². The van der Waals surface area contributed by atoms with E-state index in [-0.39, 0.29) is 17.5 Å². The lowest BCUT2D eigenvalue weighted by atomic mass is 9.95. The zero-order valence-electron chi connectivity index (χ0n) is 25.0. The Bertz CT molecular complexity index is 1910. The Kier molecular flexibility index (Phi) is 7.25. The quantitative estimate of drug-likeness (QED) is 0.350. The van der Waals surface area contributed by atoms with E-state index in [1.807, 2.05) is 0 Å². The Morgan fingerprint density at radius 1 is 1.14 bits per heavy atom. The van der Waals surface area contributed by atoms with Crippen molar-refractivity contribution in [2.24, 2.45) is 0 Å². The van der Waals surface area contributed by atoms with Gasteiger partial charge in [0.05, 0.1) is 20.2 Å². The molecule has 0 saturated carbocycles. The predicted octanol–water partition coefficient (Wildman–Crippen LogP) is 4.54. The van der Waals surface area contributed by atoms with Crippen molar-refractivity contribution in [3.63, 3.8) is 0 Å². The summed E-state index contributed by atoms with van der Waals surface area (Å²) >= 11 is 6.44. The van der Waals surface area contributed by atoms with Crippen molar-refractivity contribution < 1.29 is 21.1 Å². The number of aryl methyl sites for hydroxylation is 2. The Morgan fingerprint density at radius 3 is 2.64 bits per heavy atom. The molecule has 1 aliphatic heterocycles. The van der Waals surface area contributed by atoms with Gasteiger partial charge in [-0.1, -0.05) is 11.6 Å². The van der Waals surface area contributed by atoms with Crippen LogP contribution in [0.2, 0.25) is 5.02 Å². The predicted molar refractivity (Wildman–Crippen MR) is 152 cm³/mol. The Hall–Kier alpha value is -4.38. The first-order chi connectivity index (χ1) is 20.7. The zero-order chi connectivity index (χ0) is 32.0. The summed E-state index contributed by atoms with van der Waals surface area (Å²) in [6, 6.07) is 6.75. The van der Waals surface area contributed by atoms with Crippen LogP contribution in [0.1, 0.15) is 58.9 Å². The summed E-state index contributed by atoms with van der Waals surface area (Å²) in [6.45, 7) is 1.90. The van der Waals surface area contributed by atoms with Crippen molar-refractivity contribution in [1.82, 2.24) is 24.4 Å². The van der Waals surface area contributed by atoms with Crippen LogP contribution in [0.4, 0.5) is 8.78 Å². The maximum atomic E-state index is 14.3. The highest BCUT2D eigenvalue weighted by Gasteiger charge is 2.26. The van der Waals surface area contributed by atoms with Gasteiger partial charge in [0.25, 0.3) is 11.1 Å². The smallest absolute Gasteiger partial charge is 0.277 e. The fourth-order valence-electron chi connectivity index (χ4n) is 5.00. The van der Waals surface area contributed by atoms with Crippen LogP contribution in [0.3, 0.4) is 0 Å². The Labute approximate surface area is 247 Å². The standard InChI is InChI=1S/C30H28ClF2N5O4/c1-17(39)36-30(2,3)21-9-6-10-37(28(21)40)26-13-24-18(14-35-26)7-4-5-8-20-12-25(27(31)29(41)38(20)24)42-16-23-22(33)11-19(32)15-34-23/h6,9-15H,4-5,7-8,16H2,1-3H3,(H,36,39)/i16D2. The second-order valence-corrected chi connectivity index (χ2v) is 10.8. The van der Waals surface area contributed by atoms with Crippen LogP contribution in [-0.2, 0) is 29.7 Å². The van der Waals surface area contributed by atoms with Crippen molar-refractivity contribution in [3.05, 3.63) is 109 Å². The molecule has 0 aromatic carbocycles. The second-order valence-electron chi connectivity index (χ2n) is 10.4. The molecular formula is C30H28ClF2N5O4. The number of hydrogen-bond donors (Lipinski definition) is 1. The first-order valence-electron chi connectivity index (χ1n) is 14.1. The van der Waals surface area contributed by atoms with Gasteiger partial charge in [-0.2, -0.15) is 0 Å². The molecular weight excluding hydrogens is 568 g/mol. The molecule has 1 amide bonds. The Balaban J connectivity index is 1.62. The van der Waals surface area contributed by atoms with Gasteiger partial charge in [-0.25, -0.2) is 13.8 Å². The van der Waals surface area contributed by atoms with E-state index in [0.29, 0.717) is 48.5 Å². The van der Waals surface area contributed by atoms with Gasteiger partial charge in [0.15, 0.2) is 5.82 Å². The summed E-state index contributed by atoms with van der Waals surface area (Å²) in [5.41, 5.74) is -1.01. The molecule has 0 bridgehead atoms. The van der Waals surface area contributed by atoms with Gasteiger partial charge in [0, 0.05) is 48.8 Å². The average Bonchev–Trinajstić information content (AvgIpc) is 2.92. The molecule has 42 heavy (non-hydrogen) atoms. The van der Waals surface area contributed by atoms with E-state index in [4.69, 9.17) is 19.1 Å². The lowest BCUT2D eigenvalue weighted by Gasteiger charge is -2.26. The number of fused-ring (bicyclic) bond motifs is 3. The number of rotatable bonds is 6. The molecule has 0 radical (unpaired) electrons. The number of ether oxygens (including phenoxy) is 1. The molecule has 12 heteroatoms. The van der Waals surface area contributed by atoms with Crippen LogP contribution >= 0.6 is 11.6 Å². The van der Waals surface area contributed by atoms with E-state index in [2.05, 4.69) is 15.3 Å². The minimum Gasteiger partial charge on any atom is -0.485 e. The van der Waals surface area contributed by atoms with E-state index >= 15 is 0 Å². The number of halogens is 3. The highest BCUT2D eigenvalue weighted by atomic mass is 35.5. The molecule has 0 atom stereocenters. The Morgan fingerprint density at radius 2 is 1.90 bits per heavy atom. The van der Waals surface area contributed by atoms with Crippen molar-refractivity contribution in [2.75, 3.05) is 0 Å². The second kappa shape index (κ2) is 11.5. The lowest BCUT2D eigenvalue weighted by Crippen LogP contribution is -2.44. The van der Waals surface area contributed by atoms with Gasteiger partial charge in [0.1, 0.15) is 34.7 Å². The van der Waals surface area contributed by atoms with Crippen LogP contribution < -0.4 is 21.2 Å². The van der Waals surface area contributed by atoms with Gasteiger partial charge in [0.2, 0.25) is 5.91 Å². The molecule has 5 rings (SSSR count). The lowest BCUT2D eigenvalue weighted by molar-refractivity contribution is -0.120. The van der Waals surface area contributed by atoms with Crippen molar-refractivity contribution in [3.8, 4) is 17.3 Å². The summed E-state index contributed by atoms with van der Waals surface area (Å²) in [7, 11) is 0. The number of pyridine rings is 4. The zero-order valence-corrected chi connectivity index (χ0v) is 23.8. The van der Waals surface area contributed by atoms with Crippen LogP contribution in [0.5, 0.6) is 5.75 Å². The summed E-state index contributed by atoms with van der Waals surface area (Å²) in [5, 5.41) is 2.30. The molecule has 0 saturated heterocycles. The summed E-state index contributed by atoms with van der Waals surface area (Å²) in [4.78, 5) is 47.1. The fraction of sp³-hybridized carbons (Fsp3) is 0.300. The minimum absolute atomic E-state index is 0.221. The maximum Gasteiger partial charge on any atom is 0.277 e. The number of hydrogen-bond acceptors (Lipinski definition) is 6. The molecule has 4 aromatic rings. The first-order valence-corrected chi connectivity index (χ1v) is 13.5. The van der Waals surface area contributed by atoms with E-state index in [9.17, 15) is 23.2 Å². The van der Waals surface area contributed by atoms with Crippen LogP contribution in [0.25, 0.3) is 11.5 Å². The summed E-state index contributed by atoms with van der Waals surface area (Å²) in [6.07, 6.45) is 6.17. The summed E-state index contributed by atoms with van der Waals surface area (Å²) in [5.74, 6) is -2.66. The number of nitrogens with zero attached hydrogens (tertiary/aromatic N) is 4. The average molecular weight is 598 g/mol. The van der Waals surface area contributed by atoms with Crippen molar-refractivity contribution in [1.29, 1.82) is 0 Å². The van der Waals surface area contributed by atoms with E-state index in [1.54, 1.807) is 38.2 Å². The third-order valence-corrected chi connectivity index (χ3v) is 7.28. The molecule has 1 N–H and O–H groups in total. The minimum atomic E-state index is -2.89. The van der Waals surface area contributed by atoms with Crippen LogP contribution in [-0.4, -0.2) is 25.0 Å². The van der Waals surface area contributed by atoms with Crippen LogP contribution in [0, 0.1) is 11.6 Å². The van der Waals surface area contributed by atoms with Crippen molar-refractivity contribution >= 4 is 17.5 Å². The molecule has 0 fully saturated rings. The molecule has 0 unspecified atom stereocenters. The number of amides is 1. The molecule has 1 aliphatic rings. The van der Waals surface area contributed by atoms with Gasteiger partial charge in [-0.3, -0.25) is 28.5 Å². The molecule has 0 aliphatic carbocycles. The van der Waals surface area contributed by atoms with Gasteiger partial charge in [-0.15, -0.1) is 0 Å². The van der Waals surface area contributed by atoms with Gasteiger partial charge < -0.3 is 10.1 Å². The van der Waals surface area contributed by atoms with E-state index in [1.165, 1.54) is 28.3 Å². The molecule has 5 heterocycles. The maximum absolute atomic E-state index is 14.3. The third kappa shape index (κ3) is 5.69. The highest BCUT2D eigenvalue weighted by Crippen LogP contribution is 2.29. The number of nitrogens with one attached hydrogen (secondary N) is 1. The summed E-state index contributed by atoms with van der Waals surface area (Å²) < 4.78 is 52.3. The normalized spacial score (nSPS) is 14.0. The molecule has 0 spiro atoms. The monoisotopic (exact) mass is 597 g/mol. The van der Waals surface area contributed by atoms with Crippen molar-refractivity contribution in [2.45, 2.75) is 58.6 Å². The number of carbonyl (C=O) groups is 1. The van der Waals surface area contributed by atoms with E-state index < -0.39 is 45.6 Å². The molecule has 4 aromatic heterocycles. The number of aromatic nitrogens is 4. The largest absolute Gasteiger partial charge is 0.485 e.